The van der Waals surface area contributed by atoms with Crippen LogP contribution in [0.1, 0.15) is 12.8 Å². The number of unbranched alkanes of at least 4 members (excludes halogenated alkanes) is 1. The second-order valence-electron chi connectivity index (χ2n) is 5.39. The molecule has 0 atom stereocenters. The maximum Gasteiger partial charge on any atom is 0.167 e. The molecule has 1 saturated heterocycles. The first kappa shape index (κ1) is 15.1. The van der Waals surface area contributed by atoms with Crippen molar-refractivity contribution in [3.8, 4) is 5.75 Å². The number of piperazine rings is 1. The van der Waals surface area contributed by atoms with Crippen LogP contribution in [0.15, 0.2) is 18.2 Å². The molecule has 0 aromatic heterocycles. The Bertz CT molecular complexity index is 420. The second kappa shape index (κ2) is 7.45. The molecule has 0 bridgehead atoms. The predicted octanol–water partition coefficient (Wildman–Crippen LogP) is 1.81. The van der Waals surface area contributed by atoms with Gasteiger partial charge in [-0.1, -0.05) is 0 Å². The Labute approximate surface area is 120 Å². The van der Waals surface area contributed by atoms with Crippen molar-refractivity contribution in [3.63, 3.8) is 0 Å². The Morgan fingerprint density at radius 1 is 1.20 bits per heavy atom. The van der Waals surface area contributed by atoms with Gasteiger partial charge >= 0.3 is 0 Å². The first-order valence-electron chi connectivity index (χ1n) is 7.24. The number of halogens is 1. The van der Waals surface area contributed by atoms with Crippen LogP contribution >= 0.6 is 0 Å². The van der Waals surface area contributed by atoms with E-state index in [1.54, 1.807) is 12.1 Å². The highest BCUT2D eigenvalue weighted by Gasteiger charge is 2.12. The molecule has 1 fully saturated rings. The van der Waals surface area contributed by atoms with Crippen LogP contribution in [0.5, 0.6) is 5.75 Å². The molecular weight excluding hydrogens is 257 g/mol. The standard InChI is InChI=1S/C15H24FN3O/c1-18-7-9-19(10-8-18)6-2-3-11-20-15-5-4-13(17)12-14(15)16/h4-5,12H,2-3,6-11,17H2,1H3. The van der Waals surface area contributed by atoms with Crippen LogP contribution in [0.4, 0.5) is 10.1 Å². The normalized spacial score (nSPS) is 17.3. The minimum Gasteiger partial charge on any atom is -0.491 e. The molecule has 2 N–H and O–H groups in total. The fourth-order valence-electron chi connectivity index (χ4n) is 2.33. The van der Waals surface area contributed by atoms with E-state index in [0.717, 1.165) is 45.6 Å². The predicted molar refractivity (Wildman–Crippen MR) is 79.5 cm³/mol. The van der Waals surface area contributed by atoms with Crippen LogP contribution in [0.2, 0.25) is 0 Å². The summed E-state index contributed by atoms with van der Waals surface area (Å²) < 4.78 is 18.9. The van der Waals surface area contributed by atoms with E-state index in [9.17, 15) is 4.39 Å². The number of hydrogen-bond donors (Lipinski definition) is 1. The van der Waals surface area contributed by atoms with E-state index in [4.69, 9.17) is 10.5 Å². The first-order valence-corrected chi connectivity index (χ1v) is 7.24. The van der Waals surface area contributed by atoms with Crippen molar-refractivity contribution in [1.29, 1.82) is 0 Å². The summed E-state index contributed by atoms with van der Waals surface area (Å²) in [4.78, 5) is 4.83. The van der Waals surface area contributed by atoms with Crippen LogP contribution in [-0.4, -0.2) is 56.2 Å². The van der Waals surface area contributed by atoms with Gasteiger partial charge in [0, 0.05) is 37.9 Å². The summed E-state index contributed by atoms with van der Waals surface area (Å²) >= 11 is 0. The topological polar surface area (TPSA) is 41.7 Å². The van der Waals surface area contributed by atoms with E-state index in [2.05, 4.69) is 16.8 Å². The fourth-order valence-corrected chi connectivity index (χ4v) is 2.33. The number of nitrogen functional groups attached to an aromatic ring is 1. The summed E-state index contributed by atoms with van der Waals surface area (Å²) in [6.45, 7) is 6.23. The van der Waals surface area contributed by atoms with Crippen LogP contribution in [0, 0.1) is 5.82 Å². The minimum atomic E-state index is -0.385. The molecular formula is C15H24FN3O. The zero-order valence-electron chi connectivity index (χ0n) is 12.1. The summed E-state index contributed by atoms with van der Waals surface area (Å²) in [5.74, 6) is -0.0946. The lowest BCUT2D eigenvalue weighted by Gasteiger charge is -2.32. The molecule has 0 radical (unpaired) electrons. The maximum absolute atomic E-state index is 13.5. The summed E-state index contributed by atoms with van der Waals surface area (Å²) in [5.41, 5.74) is 5.91. The van der Waals surface area contributed by atoms with Gasteiger partial charge in [-0.15, -0.1) is 0 Å². The number of anilines is 1. The van der Waals surface area contributed by atoms with Crippen LogP contribution in [0.25, 0.3) is 0 Å². The quantitative estimate of drug-likeness (QED) is 0.638. The molecule has 1 aromatic rings. The smallest absolute Gasteiger partial charge is 0.167 e. The van der Waals surface area contributed by atoms with Gasteiger partial charge in [-0.3, -0.25) is 0 Å². The number of likely N-dealkylation sites (N-methyl/N-ethyl adjacent to an activating group) is 1. The van der Waals surface area contributed by atoms with Crippen molar-refractivity contribution in [3.05, 3.63) is 24.0 Å². The van der Waals surface area contributed by atoms with E-state index in [0.29, 0.717) is 18.0 Å². The van der Waals surface area contributed by atoms with Crippen LogP contribution < -0.4 is 10.5 Å². The molecule has 4 nitrogen and oxygen atoms in total. The van der Waals surface area contributed by atoms with Crippen LogP contribution in [-0.2, 0) is 0 Å². The fraction of sp³-hybridized carbons (Fsp3) is 0.600. The Morgan fingerprint density at radius 3 is 2.65 bits per heavy atom. The van der Waals surface area contributed by atoms with Gasteiger partial charge in [-0.05, 0) is 38.6 Å². The Kier molecular flexibility index (Phi) is 5.61. The van der Waals surface area contributed by atoms with E-state index in [1.165, 1.54) is 6.07 Å². The minimum absolute atomic E-state index is 0.291. The SMILES string of the molecule is CN1CCN(CCCCOc2ccc(N)cc2F)CC1. The van der Waals surface area contributed by atoms with E-state index < -0.39 is 0 Å². The number of rotatable bonds is 6. The molecule has 1 aliphatic rings. The summed E-state index contributed by atoms with van der Waals surface area (Å²) in [5, 5.41) is 0. The zero-order valence-corrected chi connectivity index (χ0v) is 12.1. The van der Waals surface area contributed by atoms with Gasteiger partial charge in [0.1, 0.15) is 0 Å². The number of nitrogens with zero attached hydrogens (tertiary/aromatic N) is 2. The Hall–Kier alpha value is -1.33. The van der Waals surface area contributed by atoms with Crippen molar-refractivity contribution >= 4 is 5.69 Å². The van der Waals surface area contributed by atoms with Gasteiger partial charge in [-0.25, -0.2) is 4.39 Å². The van der Waals surface area contributed by atoms with Gasteiger partial charge in [0.25, 0.3) is 0 Å². The number of nitrogens with two attached hydrogens (primary N) is 1. The van der Waals surface area contributed by atoms with Gasteiger partial charge in [0.05, 0.1) is 6.61 Å². The highest BCUT2D eigenvalue weighted by atomic mass is 19.1. The molecule has 0 amide bonds. The molecule has 0 spiro atoms. The highest BCUT2D eigenvalue weighted by Crippen LogP contribution is 2.19. The van der Waals surface area contributed by atoms with Crippen molar-refractivity contribution in [1.82, 2.24) is 9.80 Å². The largest absolute Gasteiger partial charge is 0.491 e. The summed E-state index contributed by atoms with van der Waals surface area (Å²) in [7, 11) is 2.16. The first-order chi connectivity index (χ1) is 9.65. The van der Waals surface area contributed by atoms with Gasteiger partial charge in [0.2, 0.25) is 0 Å². The lowest BCUT2D eigenvalue weighted by molar-refractivity contribution is 0.149. The Balaban J connectivity index is 1.59. The van der Waals surface area contributed by atoms with Crippen molar-refractivity contribution in [2.45, 2.75) is 12.8 Å². The monoisotopic (exact) mass is 281 g/mol. The highest BCUT2D eigenvalue weighted by molar-refractivity contribution is 5.42. The average Bonchev–Trinajstić information content (AvgIpc) is 2.42. The van der Waals surface area contributed by atoms with Crippen molar-refractivity contribution in [2.75, 3.05) is 52.1 Å². The summed E-state index contributed by atoms with van der Waals surface area (Å²) in [6.07, 6.45) is 2.02. The van der Waals surface area contributed by atoms with E-state index in [1.807, 2.05) is 0 Å². The van der Waals surface area contributed by atoms with Crippen LogP contribution in [0.3, 0.4) is 0 Å². The van der Waals surface area contributed by atoms with Gasteiger partial charge in [-0.2, -0.15) is 0 Å². The molecule has 112 valence electrons. The third-order valence-corrected chi connectivity index (χ3v) is 3.68. The Morgan fingerprint density at radius 2 is 1.95 bits per heavy atom. The molecule has 20 heavy (non-hydrogen) atoms. The number of ether oxygens (including phenoxy) is 1. The molecule has 2 rings (SSSR count). The molecule has 0 saturated carbocycles. The second-order valence-corrected chi connectivity index (χ2v) is 5.39. The molecule has 5 heteroatoms. The molecule has 1 aromatic carbocycles. The summed E-state index contributed by atoms with van der Waals surface area (Å²) in [6, 6.07) is 4.54. The molecule has 0 aliphatic carbocycles. The van der Waals surface area contributed by atoms with Gasteiger partial charge in [0.15, 0.2) is 11.6 Å². The average molecular weight is 281 g/mol. The number of benzene rings is 1. The molecule has 0 unspecified atom stereocenters. The van der Waals surface area contributed by atoms with E-state index >= 15 is 0 Å². The van der Waals surface area contributed by atoms with Crippen molar-refractivity contribution < 1.29 is 9.13 Å². The van der Waals surface area contributed by atoms with Gasteiger partial charge < -0.3 is 20.3 Å². The zero-order chi connectivity index (χ0) is 14.4. The van der Waals surface area contributed by atoms with Crippen molar-refractivity contribution in [2.24, 2.45) is 0 Å². The lowest BCUT2D eigenvalue weighted by Crippen LogP contribution is -2.44. The molecule has 1 heterocycles. The molecule has 1 aliphatic heterocycles. The number of hydrogen-bond acceptors (Lipinski definition) is 4. The third-order valence-electron chi connectivity index (χ3n) is 3.68. The maximum atomic E-state index is 13.5. The van der Waals surface area contributed by atoms with E-state index in [-0.39, 0.29) is 5.82 Å². The lowest BCUT2D eigenvalue weighted by atomic mass is 10.2. The third kappa shape index (κ3) is 4.65.